The van der Waals surface area contributed by atoms with Crippen LogP contribution in [0.2, 0.25) is 0 Å². The molecule has 0 radical (unpaired) electrons. The molecule has 0 amide bonds. The molecule has 1 N–H and O–H groups in total. The summed E-state index contributed by atoms with van der Waals surface area (Å²) in [4.78, 5) is 0. The van der Waals surface area contributed by atoms with Crippen LogP contribution in [0.1, 0.15) is 24.1 Å². The minimum Gasteiger partial charge on any atom is -0.306 e. The van der Waals surface area contributed by atoms with E-state index in [1.807, 2.05) is 31.2 Å². The van der Waals surface area contributed by atoms with Gasteiger partial charge in [0.05, 0.1) is 0 Å². The second-order valence-electron chi connectivity index (χ2n) is 4.44. The Kier molecular flexibility index (Phi) is 4.66. The normalized spacial score (nSPS) is 12.4. The maximum Gasteiger partial charge on any atom is 0.126 e. The van der Waals surface area contributed by atoms with E-state index >= 15 is 0 Å². The number of rotatable bonds is 4. The Balaban J connectivity index is 2.02. The Morgan fingerprint density at radius 2 is 1.79 bits per heavy atom. The van der Waals surface area contributed by atoms with Crippen molar-refractivity contribution in [3.05, 3.63) is 69.7 Å². The third-order valence-electron chi connectivity index (χ3n) is 2.88. The molecule has 0 saturated heterocycles. The van der Waals surface area contributed by atoms with Crippen LogP contribution in [0.25, 0.3) is 0 Å². The van der Waals surface area contributed by atoms with Gasteiger partial charge in [-0.15, -0.1) is 0 Å². The monoisotopic (exact) mass is 325 g/mol. The maximum absolute atomic E-state index is 13.1. The van der Waals surface area contributed by atoms with Crippen molar-refractivity contribution in [2.24, 2.45) is 0 Å². The van der Waals surface area contributed by atoms with Crippen LogP contribution in [0, 0.1) is 11.6 Å². The molecule has 0 heterocycles. The molecule has 2 rings (SSSR count). The van der Waals surface area contributed by atoms with Gasteiger partial charge in [0.25, 0.3) is 0 Å². The van der Waals surface area contributed by atoms with Crippen molar-refractivity contribution in [3.8, 4) is 0 Å². The quantitative estimate of drug-likeness (QED) is 0.867. The van der Waals surface area contributed by atoms with Crippen LogP contribution in [0.4, 0.5) is 8.78 Å². The van der Waals surface area contributed by atoms with E-state index in [1.54, 1.807) is 0 Å². The molecule has 0 aromatic heterocycles. The lowest BCUT2D eigenvalue weighted by Crippen LogP contribution is -2.18. The van der Waals surface area contributed by atoms with Crippen LogP contribution in [0.15, 0.2) is 46.9 Å². The highest BCUT2D eigenvalue weighted by atomic mass is 79.9. The molecule has 0 fully saturated rings. The molecule has 100 valence electrons. The third kappa shape index (κ3) is 4.11. The first kappa shape index (κ1) is 14.2. The summed E-state index contributed by atoms with van der Waals surface area (Å²) in [5, 5.41) is 3.24. The molecule has 0 bridgehead atoms. The Morgan fingerprint density at radius 1 is 1.11 bits per heavy atom. The summed E-state index contributed by atoms with van der Waals surface area (Å²) in [7, 11) is 0. The summed E-state index contributed by atoms with van der Waals surface area (Å²) in [6, 6.07) is 11.6. The molecule has 0 aliphatic rings. The fraction of sp³-hybridized carbons (Fsp3) is 0.200. The molecule has 0 aliphatic carbocycles. The van der Waals surface area contributed by atoms with Crippen molar-refractivity contribution in [2.75, 3.05) is 0 Å². The van der Waals surface area contributed by atoms with Crippen molar-refractivity contribution in [1.29, 1.82) is 0 Å². The van der Waals surface area contributed by atoms with Crippen molar-refractivity contribution in [3.63, 3.8) is 0 Å². The van der Waals surface area contributed by atoms with E-state index in [9.17, 15) is 8.78 Å². The summed E-state index contributed by atoms with van der Waals surface area (Å²) in [5.41, 5.74) is 1.71. The zero-order valence-corrected chi connectivity index (χ0v) is 12.0. The van der Waals surface area contributed by atoms with E-state index in [0.29, 0.717) is 12.1 Å². The fourth-order valence-electron chi connectivity index (χ4n) is 1.88. The third-order valence-corrected chi connectivity index (χ3v) is 3.38. The predicted molar refractivity (Wildman–Crippen MR) is 75.8 cm³/mol. The molecule has 0 unspecified atom stereocenters. The van der Waals surface area contributed by atoms with Gasteiger partial charge in [0.15, 0.2) is 0 Å². The van der Waals surface area contributed by atoms with Gasteiger partial charge >= 0.3 is 0 Å². The van der Waals surface area contributed by atoms with Crippen molar-refractivity contribution in [2.45, 2.75) is 19.5 Å². The Labute approximate surface area is 119 Å². The van der Waals surface area contributed by atoms with Crippen molar-refractivity contribution < 1.29 is 8.78 Å². The summed E-state index contributed by atoms with van der Waals surface area (Å²) in [5.74, 6) is -1.10. The molecule has 1 atom stereocenters. The highest BCUT2D eigenvalue weighted by Gasteiger charge is 2.06. The molecule has 19 heavy (non-hydrogen) atoms. The second-order valence-corrected chi connectivity index (χ2v) is 5.35. The number of benzene rings is 2. The molecule has 0 aliphatic heterocycles. The molecule has 0 spiro atoms. The van der Waals surface area contributed by atoms with Gasteiger partial charge < -0.3 is 5.32 Å². The van der Waals surface area contributed by atoms with E-state index in [1.165, 1.54) is 12.1 Å². The summed E-state index contributed by atoms with van der Waals surface area (Å²) in [6.07, 6.45) is 0. The van der Waals surface area contributed by atoms with Gasteiger partial charge in [0, 0.05) is 23.1 Å². The SMILES string of the molecule is C[C@H](NCc1cc(F)cc(F)c1)c1cccc(Br)c1. The standard InChI is InChI=1S/C15H14BrF2N/c1-10(12-3-2-4-13(16)7-12)19-9-11-5-14(17)8-15(18)6-11/h2-8,10,19H,9H2,1H3/t10-/m0/s1. The smallest absolute Gasteiger partial charge is 0.126 e. The number of halogens is 3. The van der Waals surface area contributed by atoms with E-state index in [-0.39, 0.29) is 6.04 Å². The molecule has 4 heteroatoms. The molecule has 2 aromatic carbocycles. The first-order chi connectivity index (χ1) is 9.04. The van der Waals surface area contributed by atoms with Crippen LogP contribution in [-0.4, -0.2) is 0 Å². The van der Waals surface area contributed by atoms with Gasteiger partial charge in [-0.1, -0.05) is 28.1 Å². The fourth-order valence-corrected chi connectivity index (χ4v) is 2.29. The zero-order valence-electron chi connectivity index (χ0n) is 10.5. The first-order valence-corrected chi connectivity index (χ1v) is 6.78. The Hall–Kier alpha value is -1.26. The molecular weight excluding hydrogens is 312 g/mol. The lowest BCUT2D eigenvalue weighted by Gasteiger charge is -2.14. The Morgan fingerprint density at radius 3 is 2.42 bits per heavy atom. The predicted octanol–water partition coefficient (Wildman–Crippen LogP) is 4.58. The highest BCUT2D eigenvalue weighted by Crippen LogP contribution is 2.18. The zero-order chi connectivity index (χ0) is 13.8. The lowest BCUT2D eigenvalue weighted by molar-refractivity contribution is 0.554. The van der Waals surface area contributed by atoms with Crippen molar-refractivity contribution >= 4 is 15.9 Å². The van der Waals surface area contributed by atoms with E-state index in [4.69, 9.17) is 0 Å². The van der Waals surface area contributed by atoms with E-state index < -0.39 is 11.6 Å². The topological polar surface area (TPSA) is 12.0 Å². The van der Waals surface area contributed by atoms with Gasteiger partial charge in [-0.25, -0.2) is 8.78 Å². The number of hydrogen-bond donors (Lipinski definition) is 1. The molecule has 0 saturated carbocycles. The van der Waals surface area contributed by atoms with Gasteiger partial charge in [0.1, 0.15) is 11.6 Å². The lowest BCUT2D eigenvalue weighted by atomic mass is 10.1. The molecule has 1 nitrogen and oxygen atoms in total. The largest absolute Gasteiger partial charge is 0.306 e. The molecule has 2 aromatic rings. The average molecular weight is 326 g/mol. The Bertz CT molecular complexity index is 552. The van der Waals surface area contributed by atoms with Crippen LogP contribution >= 0.6 is 15.9 Å². The van der Waals surface area contributed by atoms with E-state index in [0.717, 1.165) is 16.1 Å². The van der Waals surface area contributed by atoms with Crippen LogP contribution < -0.4 is 5.32 Å². The first-order valence-electron chi connectivity index (χ1n) is 5.98. The van der Waals surface area contributed by atoms with Crippen LogP contribution in [0.3, 0.4) is 0 Å². The minimum absolute atomic E-state index is 0.101. The average Bonchev–Trinajstić information content (AvgIpc) is 2.35. The van der Waals surface area contributed by atoms with E-state index in [2.05, 4.69) is 21.2 Å². The van der Waals surface area contributed by atoms with Crippen molar-refractivity contribution in [1.82, 2.24) is 5.32 Å². The minimum atomic E-state index is -0.549. The summed E-state index contributed by atoms with van der Waals surface area (Å²) < 4.78 is 27.1. The summed E-state index contributed by atoms with van der Waals surface area (Å²) >= 11 is 3.42. The second kappa shape index (κ2) is 6.26. The van der Waals surface area contributed by atoms with Gasteiger partial charge in [-0.2, -0.15) is 0 Å². The number of nitrogens with one attached hydrogen (secondary N) is 1. The van der Waals surface area contributed by atoms with Crippen LogP contribution in [0.5, 0.6) is 0 Å². The number of hydrogen-bond acceptors (Lipinski definition) is 1. The molecular formula is C15H14BrF2N. The maximum atomic E-state index is 13.1. The van der Waals surface area contributed by atoms with Gasteiger partial charge in [-0.05, 0) is 42.3 Å². The van der Waals surface area contributed by atoms with Crippen LogP contribution in [-0.2, 0) is 6.54 Å². The van der Waals surface area contributed by atoms with Gasteiger partial charge in [-0.3, -0.25) is 0 Å². The van der Waals surface area contributed by atoms with Gasteiger partial charge in [0.2, 0.25) is 0 Å². The summed E-state index contributed by atoms with van der Waals surface area (Å²) in [6.45, 7) is 2.43. The highest BCUT2D eigenvalue weighted by molar-refractivity contribution is 9.10.